The molecule has 24 heavy (non-hydrogen) atoms. The monoisotopic (exact) mass is 334 g/mol. The quantitative estimate of drug-likeness (QED) is 0.886. The van der Waals surface area contributed by atoms with E-state index < -0.39 is 0 Å². The highest BCUT2D eigenvalue weighted by molar-refractivity contribution is 5.78. The number of amides is 3. The molecule has 3 amide bonds. The van der Waals surface area contributed by atoms with Crippen molar-refractivity contribution in [3.05, 3.63) is 17.5 Å². The van der Waals surface area contributed by atoms with Crippen molar-refractivity contribution in [3.8, 4) is 0 Å². The summed E-state index contributed by atoms with van der Waals surface area (Å²) in [4.78, 5) is 26.2. The fourth-order valence-electron chi connectivity index (χ4n) is 3.81. The van der Waals surface area contributed by atoms with Gasteiger partial charge in [-0.25, -0.2) is 4.79 Å². The molecular formula is C17H26N4O3. The van der Waals surface area contributed by atoms with Crippen LogP contribution < -0.4 is 10.6 Å². The topological polar surface area (TPSA) is 87.5 Å². The molecule has 1 aliphatic heterocycles. The molecule has 0 spiro atoms. The molecule has 7 heteroatoms. The Bertz CT molecular complexity index is 592. The van der Waals surface area contributed by atoms with Crippen molar-refractivity contribution >= 4 is 11.9 Å². The molecule has 1 saturated heterocycles. The van der Waals surface area contributed by atoms with Crippen molar-refractivity contribution in [1.82, 2.24) is 20.7 Å². The lowest BCUT2D eigenvalue weighted by atomic mass is 9.85. The first-order valence-corrected chi connectivity index (χ1v) is 8.80. The molecule has 1 aromatic rings. The van der Waals surface area contributed by atoms with E-state index in [1.165, 1.54) is 0 Å². The van der Waals surface area contributed by atoms with E-state index in [0.29, 0.717) is 0 Å². The minimum Gasteiger partial charge on any atom is -0.359 e. The van der Waals surface area contributed by atoms with E-state index in [1.54, 1.807) is 7.05 Å². The zero-order chi connectivity index (χ0) is 17.1. The Morgan fingerprint density at radius 3 is 2.62 bits per heavy atom. The molecule has 1 aliphatic carbocycles. The average molecular weight is 334 g/mol. The molecule has 1 aromatic heterocycles. The number of hydrogen-bond donors (Lipinski definition) is 2. The Morgan fingerprint density at radius 1 is 1.25 bits per heavy atom. The van der Waals surface area contributed by atoms with Crippen LogP contribution in [0.2, 0.25) is 0 Å². The summed E-state index contributed by atoms with van der Waals surface area (Å²) >= 11 is 0. The molecule has 132 valence electrons. The molecule has 1 unspecified atom stereocenters. The van der Waals surface area contributed by atoms with Crippen LogP contribution in [0.15, 0.2) is 10.6 Å². The number of nitrogens with one attached hydrogen (secondary N) is 2. The zero-order valence-electron chi connectivity index (χ0n) is 14.4. The number of rotatable bonds is 3. The lowest BCUT2D eigenvalue weighted by molar-refractivity contribution is -0.125. The highest BCUT2D eigenvalue weighted by Gasteiger charge is 2.34. The summed E-state index contributed by atoms with van der Waals surface area (Å²) in [7, 11) is 1.68. The molecule has 7 nitrogen and oxygen atoms in total. The number of carbonyl (C=O) groups is 2. The first-order valence-electron chi connectivity index (χ1n) is 8.80. The van der Waals surface area contributed by atoms with Crippen LogP contribution in [0.4, 0.5) is 4.79 Å². The van der Waals surface area contributed by atoms with Crippen LogP contribution in [0.25, 0.3) is 0 Å². The lowest BCUT2D eigenvalue weighted by Crippen LogP contribution is -2.46. The summed E-state index contributed by atoms with van der Waals surface area (Å²) in [5.41, 5.74) is 0.838. The SMILES string of the molecule is CNC(=O)C1CCC(NC(=O)N2CCCC2c2cc(C)no2)CC1. The van der Waals surface area contributed by atoms with Crippen molar-refractivity contribution in [3.63, 3.8) is 0 Å². The third kappa shape index (κ3) is 3.55. The Balaban J connectivity index is 1.54. The summed E-state index contributed by atoms with van der Waals surface area (Å²) in [5.74, 6) is 0.961. The van der Waals surface area contributed by atoms with Crippen molar-refractivity contribution in [2.45, 2.75) is 57.5 Å². The molecular weight excluding hydrogens is 308 g/mol. The normalized spacial score (nSPS) is 27.1. The van der Waals surface area contributed by atoms with Gasteiger partial charge in [0.15, 0.2) is 5.76 Å². The number of aryl methyl sites for hydroxylation is 1. The van der Waals surface area contributed by atoms with Crippen LogP contribution in [0.5, 0.6) is 0 Å². The largest absolute Gasteiger partial charge is 0.359 e. The smallest absolute Gasteiger partial charge is 0.318 e. The van der Waals surface area contributed by atoms with Gasteiger partial charge in [0.2, 0.25) is 5.91 Å². The maximum atomic E-state index is 12.6. The summed E-state index contributed by atoms with van der Waals surface area (Å²) < 4.78 is 5.36. The first kappa shape index (κ1) is 16.8. The van der Waals surface area contributed by atoms with E-state index >= 15 is 0 Å². The van der Waals surface area contributed by atoms with E-state index in [0.717, 1.165) is 56.5 Å². The lowest BCUT2D eigenvalue weighted by Gasteiger charge is -2.31. The minimum atomic E-state index is -0.0325. The molecule has 1 atom stereocenters. The molecule has 1 saturated carbocycles. The molecule has 2 aliphatic rings. The van der Waals surface area contributed by atoms with Crippen LogP contribution in [0.1, 0.15) is 56.0 Å². The Morgan fingerprint density at radius 2 is 2.00 bits per heavy atom. The predicted molar refractivity (Wildman–Crippen MR) is 88.3 cm³/mol. The van der Waals surface area contributed by atoms with Gasteiger partial charge in [-0.15, -0.1) is 0 Å². The predicted octanol–water partition coefficient (Wildman–Crippen LogP) is 2.13. The third-order valence-electron chi connectivity index (χ3n) is 5.16. The first-order chi connectivity index (χ1) is 11.6. The number of likely N-dealkylation sites (tertiary alicyclic amines) is 1. The van der Waals surface area contributed by atoms with Gasteiger partial charge >= 0.3 is 6.03 Å². The Hall–Kier alpha value is -2.05. The molecule has 0 bridgehead atoms. The van der Waals surface area contributed by atoms with Gasteiger partial charge in [-0.05, 0) is 45.4 Å². The van der Waals surface area contributed by atoms with Crippen LogP contribution >= 0.6 is 0 Å². The Labute approximate surface area is 142 Å². The second-order valence-corrected chi connectivity index (χ2v) is 6.83. The van der Waals surface area contributed by atoms with E-state index in [1.807, 2.05) is 17.9 Å². The van der Waals surface area contributed by atoms with Crippen molar-refractivity contribution in [2.24, 2.45) is 5.92 Å². The van der Waals surface area contributed by atoms with Crippen LogP contribution in [-0.2, 0) is 4.79 Å². The molecule has 0 aromatic carbocycles. The standard InChI is InChI=1S/C17H26N4O3/c1-11-10-15(24-20-11)14-4-3-9-21(14)17(23)19-13-7-5-12(6-8-13)16(22)18-2/h10,12-14H,3-9H2,1-2H3,(H,18,22)(H,19,23). The molecule has 2 heterocycles. The number of hydrogen-bond acceptors (Lipinski definition) is 4. The average Bonchev–Trinajstić information content (AvgIpc) is 3.23. The second-order valence-electron chi connectivity index (χ2n) is 6.83. The van der Waals surface area contributed by atoms with Gasteiger partial charge in [0.1, 0.15) is 0 Å². The van der Waals surface area contributed by atoms with Gasteiger partial charge in [0.25, 0.3) is 0 Å². The van der Waals surface area contributed by atoms with Crippen molar-refractivity contribution in [2.75, 3.05) is 13.6 Å². The van der Waals surface area contributed by atoms with Gasteiger partial charge in [-0.2, -0.15) is 0 Å². The fourth-order valence-corrected chi connectivity index (χ4v) is 3.81. The number of carbonyl (C=O) groups excluding carboxylic acids is 2. The summed E-state index contributed by atoms with van der Waals surface area (Å²) in [6.07, 6.45) is 5.24. The summed E-state index contributed by atoms with van der Waals surface area (Å²) in [6.45, 7) is 2.63. The number of nitrogens with zero attached hydrogens (tertiary/aromatic N) is 2. The number of aromatic nitrogens is 1. The third-order valence-corrected chi connectivity index (χ3v) is 5.16. The van der Waals surface area contributed by atoms with Crippen LogP contribution in [-0.4, -0.2) is 41.6 Å². The molecule has 2 N–H and O–H groups in total. The summed E-state index contributed by atoms with van der Waals surface area (Å²) in [6, 6.07) is 2.00. The maximum Gasteiger partial charge on any atom is 0.318 e. The maximum absolute atomic E-state index is 12.6. The van der Waals surface area contributed by atoms with Gasteiger partial charge < -0.3 is 20.1 Å². The highest BCUT2D eigenvalue weighted by atomic mass is 16.5. The van der Waals surface area contributed by atoms with Gasteiger partial charge in [-0.3, -0.25) is 4.79 Å². The van der Waals surface area contributed by atoms with E-state index in [4.69, 9.17) is 4.52 Å². The van der Waals surface area contributed by atoms with Gasteiger partial charge in [0.05, 0.1) is 11.7 Å². The van der Waals surface area contributed by atoms with E-state index in [2.05, 4.69) is 15.8 Å². The highest BCUT2D eigenvalue weighted by Crippen LogP contribution is 2.32. The second kappa shape index (κ2) is 7.23. The molecule has 2 fully saturated rings. The van der Waals surface area contributed by atoms with Crippen molar-refractivity contribution in [1.29, 1.82) is 0 Å². The van der Waals surface area contributed by atoms with Crippen molar-refractivity contribution < 1.29 is 14.1 Å². The van der Waals surface area contributed by atoms with Crippen LogP contribution in [0, 0.1) is 12.8 Å². The van der Waals surface area contributed by atoms with Crippen LogP contribution in [0.3, 0.4) is 0 Å². The van der Waals surface area contributed by atoms with E-state index in [-0.39, 0.29) is 29.9 Å². The molecule has 0 radical (unpaired) electrons. The minimum absolute atomic E-state index is 0.0200. The Kier molecular flexibility index (Phi) is 5.06. The van der Waals surface area contributed by atoms with Gasteiger partial charge in [-0.1, -0.05) is 5.16 Å². The fraction of sp³-hybridized carbons (Fsp3) is 0.706. The van der Waals surface area contributed by atoms with E-state index in [9.17, 15) is 9.59 Å². The number of urea groups is 1. The zero-order valence-corrected chi connectivity index (χ0v) is 14.4. The van der Waals surface area contributed by atoms with Gasteiger partial charge in [0, 0.05) is 31.6 Å². The molecule has 3 rings (SSSR count). The summed E-state index contributed by atoms with van der Waals surface area (Å²) in [5, 5.41) is 9.78.